The number of aliphatic hydroxyl groups excluding tert-OH is 2. The standard InChI is InChI=1S/C24H24N4O7/c1-24(2,3)16-5-7-17(8-6-16)26-23(31)18-9-4-14(10-19(18)27(32)33)15-11-20(28(34)35)22(25-12-15)21(30)13-29/h4-12,21,29-30H,13H2,1-3H3,(H,26,31)/t21-/m0/s1. The fraction of sp³-hybridized carbons (Fsp3) is 0.250. The second-order valence-electron chi connectivity index (χ2n) is 8.85. The summed E-state index contributed by atoms with van der Waals surface area (Å²) in [5.74, 6) is -0.683. The molecule has 11 heteroatoms. The van der Waals surface area contributed by atoms with Crippen molar-refractivity contribution in [1.82, 2.24) is 4.98 Å². The summed E-state index contributed by atoms with van der Waals surface area (Å²) in [6.07, 6.45) is -0.362. The first-order chi connectivity index (χ1) is 16.4. The summed E-state index contributed by atoms with van der Waals surface area (Å²) >= 11 is 0. The maximum atomic E-state index is 12.8. The Bertz CT molecular complexity index is 1280. The zero-order valence-electron chi connectivity index (χ0n) is 19.3. The normalized spacial score (nSPS) is 12.1. The molecule has 0 spiro atoms. The largest absolute Gasteiger partial charge is 0.393 e. The Kier molecular flexibility index (Phi) is 7.22. The van der Waals surface area contributed by atoms with E-state index in [1.165, 1.54) is 18.3 Å². The molecule has 0 radical (unpaired) electrons. The monoisotopic (exact) mass is 480 g/mol. The molecular formula is C24H24N4O7. The quantitative estimate of drug-likeness (QED) is 0.335. The Hall–Kier alpha value is -4.22. The Morgan fingerprint density at radius 2 is 1.60 bits per heavy atom. The van der Waals surface area contributed by atoms with Crippen molar-refractivity contribution < 1.29 is 24.9 Å². The number of nitrogens with one attached hydrogen (secondary N) is 1. The maximum Gasteiger partial charge on any atom is 0.294 e. The van der Waals surface area contributed by atoms with Crippen molar-refractivity contribution in [1.29, 1.82) is 0 Å². The Labute approximate surface area is 200 Å². The van der Waals surface area contributed by atoms with E-state index in [4.69, 9.17) is 5.11 Å². The van der Waals surface area contributed by atoms with Gasteiger partial charge in [-0.1, -0.05) is 39.0 Å². The summed E-state index contributed by atoms with van der Waals surface area (Å²) in [6.45, 7) is 5.40. The van der Waals surface area contributed by atoms with E-state index in [0.29, 0.717) is 5.69 Å². The number of aromatic nitrogens is 1. The number of rotatable bonds is 7. The molecule has 3 rings (SSSR count). The van der Waals surface area contributed by atoms with Gasteiger partial charge in [-0.25, -0.2) is 0 Å². The lowest BCUT2D eigenvalue weighted by atomic mass is 9.87. The SMILES string of the molecule is CC(C)(C)c1ccc(NC(=O)c2ccc(-c3cnc([C@@H](O)CO)c([N+](=O)[O-])c3)cc2[N+](=O)[O-])cc1. The van der Waals surface area contributed by atoms with Crippen molar-refractivity contribution in [3.05, 3.63) is 91.8 Å². The van der Waals surface area contributed by atoms with Gasteiger partial charge < -0.3 is 15.5 Å². The summed E-state index contributed by atoms with van der Waals surface area (Å²) in [7, 11) is 0. The molecule has 2 aromatic carbocycles. The van der Waals surface area contributed by atoms with Crippen LogP contribution in [-0.2, 0) is 5.41 Å². The van der Waals surface area contributed by atoms with Gasteiger partial charge in [0.15, 0.2) is 0 Å². The average Bonchev–Trinajstić information content (AvgIpc) is 2.82. The minimum atomic E-state index is -1.55. The van der Waals surface area contributed by atoms with Crippen molar-refractivity contribution in [2.75, 3.05) is 11.9 Å². The van der Waals surface area contributed by atoms with Gasteiger partial charge >= 0.3 is 0 Å². The third-order valence-electron chi connectivity index (χ3n) is 5.36. The van der Waals surface area contributed by atoms with Crippen LogP contribution in [0.3, 0.4) is 0 Å². The van der Waals surface area contributed by atoms with Crippen LogP contribution in [0.15, 0.2) is 54.7 Å². The zero-order valence-corrected chi connectivity index (χ0v) is 19.3. The third kappa shape index (κ3) is 5.65. The lowest BCUT2D eigenvalue weighted by molar-refractivity contribution is -0.386. The highest BCUT2D eigenvalue weighted by atomic mass is 16.6. The second-order valence-corrected chi connectivity index (χ2v) is 8.85. The smallest absolute Gasteiger partial charge is 0.294 e. The minimum Gasteiger partial charge on any atom is -0.393 e. The van der Waals surface area contributed by atoms with Gasteiger partial charge in [0, 0.05) is 29.6 Å². The van der Waals surface area contributed by atoms with Crippen molar-refractivity contribution in [3.8, 4) is 11.1 Å². The van der Waals surface area contributed by atoms with Crippen LogP contribution in [0.2, 0.25) is 0 Å². The van der Waals surface area contributed by atoms with Crippen molar-refractivity contribution in [2.45, 2.75) is 32.3 Å². The third-order valence-corrected chi connectivity index (χ3v) is 5.36. The van der Waals surface area contributed by atoms with E-state index in [-0.39, 0.29) is 27.8 Å². The summed E-state index contributed by atoms with van der Waals surface area (Å²) in [6, 6.07) is 12.0. The van der Waals surface area contributed by atoms with Crippen LogP contribution in [0.5, 0.6) is 0 Å². The van der Waals surface area contributed by atoms with Crippen LogP contribution >= 0.6 is 0 Å². The molecule has 1 heterocycles. The van der Waals surface area contributed by atoms with Gasteiger partial charge in [-0.05, 0) is 34.7 Å². The molecule has 0 saturated heterocycles. The molecule has 0 aliphatic carbocycles. The van der Waals surface area contributed by atoms with E-state index in [2.05, 4.69) is 31.1 Å². The Morgan fingerprint density at radius 1 is 1.00 bits per heavy atom. The maximum absolute atomic E-state index is 12.8. The number of aliphatic hydroxyl groups is 2. The second kappa shape index (κ2) is 9.95. The molecule has 1 amide bonds. The van der Waals surface area contributed by atoms with Crippen LogP contribution < -0.4 is 5.32 Å². The zero-order chi connectivity index (χ0) is 25.9. The molecule has 0 aliphatic heterocycles. The average molecular weight is 480 g/mol. The topological polar surface area (TPSA) is 169 Å². The molecule has 0 unspecified atom stereocenters. The molecular weight excluding hydrogens is 456 g/mol. The number of carbonyl (C=O) groups is 1. The van der Waals surface area contributed by atoms with Gasteiger partial charge in [-0.3, -0.25) is 30.0 Å². The number of nitro groups is 2. The number of anilines is 1. The number of nitro benzene ring substituents is 1. The molecule has 0 saturated carbocycles. The number of amides is 1. The molecule has 11 nitrogen and oxygen atoms in total. The number of hydrogen-bond donors (Lipinski definition) is 3. The summed E-state index contributed by atoms with van der Waals surface area (Å²) in [4.78, 5) is 38.3. The molecule has 3 N–H and O–H groups in total. The first-order valence-corrected chi connectivity index (χ1v) is 10.6. The van der Waals surface area contributed by atoms with Gasteiger partial charge in [0.1, 0.15) is 17.4 Å². The molecule has 0 aliphatic rings. The predicted molar refractivity (Wildman–Crippen MR) is 128 cm³/mol. The van der Waals surface area contributed by atoms with Gasteiger partial charge in [0.2, 0.25) is 0 Å². The highest BCUT2D eigenvalue weighted by molar-refractivity contribution is 6.07. The van der Waals surface area contributed by atoms with Gasteiger partial charge in [-0.2, -0.15) is 0 Å². The lowest BCUT2D eigenvalue weighted by Crippen LogP contribution is -2.15. The van der Waals surface area contributed by atoms with Crippen LogP contribution in [0.1, 0.15) is 48.5 Å². The van der Waals surface area contributed by atoms with E-state index in [0.717, 1.165) is 17.7 Å². The molecule has 1 atom stereocenters. The first kappa shape index (κ1) is 25.4. The van der Waals surface area contributed by atoms with E-state index in [1.54, 1.807) is 12.1 Å². The highest BCUT2D eigenvalue weighted by Crippen LogP contribution is 2.32. The Balaban J connectivity index is 1.95. The van der Waals surface area contributed by atoms with E-state index >= 15 is 0 Å². The summed E-state index contributed by atoms with van der Waals surface area (Å²) in [5.41, 5.74) is 0.278. The van der Waals surface area contributed by atoms with Crippen molar-refractivity contribution in [3.63, 3.8) is 0 Å². The van der Waals surface area contributed by atoms with Crippen LogP contribution in [0.25, 0.3) is 11.1 Å². The van der Waals surface area contributed by atoms with Gasteiger partial charge in [-0.15, -0.1) is 0 Å². The highest BCUT2D eigenvalue weighted by Gasteiger charge is 2.25. The van der Waals surface area contributed by atoms with E-state index in [1.807, 2.05) is 12.1 Å². The summed E-state index contributed by atoms with van der Waals surface area (Å²) < 4.78 is 0. The van der Waals surface area contributed by atoms with Gasteiger partial charge in [0.25, 0.3) is 17.3 Å². The number of hydrogen-bond acceptors (Lipinski definition) is 8. The molecule has 35 heavy (non-hydrogen) atoms. The lowest BCUT2D eigenvalue weighted by Gasteiger charge is -2.19. The molecule has 182 valence electrons. The fourth-order valence-electron chi connectivity index (χ4n) is 3.42. The number of nitrogens with zero attached hydrogens (tertiary/aromatic N) is 3. The van der Waals surface area contributed by atoms with Crippen LogP contribution in [-0.4, -0.2) is 37.6 Å². The Morgan fingerprint density at radius 3 is 2.14 bits per heavy atom. The summed E-state index contributed by atoms with van der Waals surface area (Å²) in [5, 5.41) is 44.6. The van der Waals surface area contributed by atoms with Crippen LogP contribution in [0, 0.1) is 20.2 Å². The number of benzene rings is 2. The number of pyridine rings is 1. The molecule has 0 bridgehead atoms. The number of carbonyl (C=O) groups excluding carboxylic acids is 1. The van der Waals surface area contributed by atoms with Crippen LogP contribution in [0.4, 0.5) is 17.1 Å². The minimum absolute atomic E-state index is 0.0739. The van der Waals surface area contributed by atoms with E-state index < -0.39 is 39.8 Å². The predicted octanol–water partition coefficient (Wildman–Crippen LogP) is 4.14. The molecule has 1 aromatic heterocycles. The molecule has 3 aromatic rings. The first-order valence-electron chi connectivity index (χ1n) is 10.6. The van der Waals surface area contributed by atoms with Gasteiger partial charge in [0.05, 0.1) is 16.5 Å². The van der Waals surface area contributed by atoms with E-state index in [9.17, 15) is 30.1 Å². The van der Waals surface area contributed by atoms with Crippen molar-refractivity contribution >= 4 is 23.0 Å². The van der Waals surface area contributed by atoms with Crippen molar-refractivity contribution in [2.24, 2.45) is 0 Å². The fourth-order valence-corrected chi connectivity index (χ4v) is 3.42. The molecule has 0 fully saturated rings.